The lowest BCUT2D eigenvalue weighted by Crippen LogP contribution is -2.52. The van der Waals surface area contributed by atoms with E-state index in [-0.39, 0.29) is 5.91 Å². The molecule has 17 heavy (non-hydrogen) atoms. The Balaban J connectivity index is 2.34. The maximum absolute atomic E-state index is 12.1. The van der Waals surface area contributed by atoms with Crippen molar-refractivity contribution >= 4 is 5.91 Å². The van der Waals surface area contributed by atoms with E-state index < -0.39 is 5.41 Å². The third kappa shape index (κ3) is 2.08. The number of rotatable bonds is 2. The lowest BCUT2D eigenvalue weighted by molar-refractivity contribution is -0.129. The lowest BCUT2D eigenvalue weighted by Gasteiger charge is -2.37. The predicted octanol–water partition coefficient (Wildman–Crippen LogP) is 0.541. The summed E-state index contributed by atoms with van der Waals surface area (Å²) in [7, 11) is 2.05. The summed E-state index contributed by atoms with van der Waals surface area (Å²) in [6, 6.07) is 3.77. The summed E-state index contributed by atoms with van der Waals surface area (Å²) in [5.41, 5.74) is 1.68. The molecule has 1 aliphatic heterocycles. The highest BCUT2D eigenvalue weighted by atomic mass is 16.3. The van der Waals surface area contributed by atoms with Crippen molar-refractivity contribution < 1.29 is 9.21 Å². The molecule has 0 spiro atoms. The molecule has 94 valence electrons. The Morgan fingerprint density at radius 1 is 1.47 bits per heavy atom. The number of aryl methyl sites for hydroxylation is 1. The number of hydrogen-bond donors (Lipinski definition) is 2. The lowest BCUT2D eigenvalue weighted by atomic mass is 9.75. The topological polar surface area (TPSA) is 71.5 Å². The number of carbonyl (C=O) groups is 1. The Bertz CT molecular complexity index is 406. The van der Waals surface area contributed by atoms with Crippen LogP contribution in [0.15, 0.2) is 16.5 Å². The minimum Gasteiger partial charge on any atom is -0.465 e. The van der Waals surface area contributed by atoms with Crippen LogP contribution in [-0.2, 0) is 10.2 Å². The van der Waals surface area contributed by atoms with E-state index in [0.29, 0.717) is 0 Å². The van der Waals surface area contributed by atoms with Crippen LogP contribution in [0.2, 0.25) is 0 Å². The zero-order chi connectivity index (χ0) is 12.5. The van der Waals surface area contributed by atoms with E-state index in [2.05, 4.69) is 17.4 Å². The van der Waals surface area contributed by atoms with Gasteiger partial charge in [-0.05, 0) is 52.0 Å². The molecule has 1 aromatic heterocycles. The predicted molar refractivity (Wildman–Crippen MR) is 64.2 cm³/mol. The number of nitrogens with one attached hydrogen (secondary N) is 1. The van der Waals surface area contributed by atoms with Crippen molar-refractivity contribution in [1.82, 2.24) is 10.3 Å². The molecule has 5 nitrogen and oxygen atoms in total. The Hall–Kier alpha value is -1.33. The minimum absolute atomic E-state index is 0.153. The molecule has 1 amide bonds. The van der Waals surface area contributed by atoms with E-state index in [9.17, 15) is 4.79 Å². The smallest absolute Gasteiger partial charge is 0.247 e. The number of nitrogens with two attached hydrogens (primary N) is 1. The van der Waals surface area contributed by atoms with E-state index in [4.69, 9.17) is 10.3 Å². The van der Waals surface area contributed by atoms with Gasteiger partial charge in [0.2, 0.25) is 5.91 Å². The largest absolute Gasteiger partial charge is 0.465 e. The molecule has 0 aliphatic carbocycles. The standard InChI is InChI=1S/C12H19N3O2/c1-9-3-4-10(17-9)12(11(16)14-13)5-7-15(2)8-6-12/h3-4H,5-8,13H2,1-2H3,(H,14,16). The molecule has 1 aromatic rings. The van der Waals surface area contributed by atoms with Gasteiger partial charge < -0.3 is 9.32 Å². The molecular formula is C12H19N3O2. The van der Waals surface area contributed by atoms with Gasteiger partial charge in [-0.25, -0.2) is 5.84 Å². The van der Waals surface area contributed by atoms with Crippen LogP contribution < -0.4 is 11.3 Å². The number of nitrogens with zero attached hydrogens (tertiary/aromatic N) is 1. The fraction of sp³-hybridized carbons (Fsp3) is 0.583. The molecule has 1 saturated heterocycles. The molecule has 1 fully saturated rings. The monoisotopic (exact) mass is 237 g/mol. The third-order valence-electron chi connectivity index (χ3n) is 3.62. The second kappa shape index (κ2) is 4.50. The van der Waals surface area contributed by atoms with E-state index in [1.54, 1.807) is 0 Å². The molecule has 0 atom stereocenters. The highest BCUT2D eigenvalue weighted by Crippen LogP contribution is 2.36. The SMILES string of the molecule is Cc1ccc(C2(C(=O)NN)CCN(C)CC2)o1. The summed E-state index contributed by atoms with van der Waals surface area (Å²) in [4.78, 5) is 14.3. The normalized spacial score (nSPS) is 20.2. The first-order valence-corrected chi connectivity index (χ1v) is 5.85. The Kier molecular flexibility index (Phi) is 3.22. The Labute approximate surface area is 101 Å². The van der Waals surface area contributed by atoms with Gasteiger partial charge in [0.1, 0.15) is 16.9 Å². The van der Waals surface area contributed by atoms with Crippen molar-refractivity contribution in [2.45, 2.75) is 25.2 Å². The van der Waals surface area contributed by atoms with Crippen LogP contribution in [0.5, 0.6) is 0 Å². The van der Waals surface area contributed by atoms with Crippen LogP contribution in [0.25, 0.3) is 0 Å². The Morgan fingerprint density at radius 3 is 2.59 bits per heavy atom. The Morgan fingerprint density at radius 2 is 2.12 bits per heavy atom. The molecule has 0 radical (unpaired) electrons. The van der Waals surface area contributed by atoms with E-state index in [1.807, 2.05) is 19.1 Å². The second-order valence-corrected chi connectivity index (χ2v) is 4.77. The molecule has 0 saturated carbocycles. The maximum Gasteiger partial charge on any atom is 0.247 e. The average molecular weight is 237 g/mol. The molecule has 5 heteroatoms. The molecule has 2 heterocycles. The molecule has 2 rings (SSSR count). The first kappa shape index (κ1) is 12.1. The van der Waals surface area contributed by atoms with E-state index in [1.165, 1.54) is 0 Å². The van der Waals surface area contributed by atoms with Crippen molar-refractivity contribution in [3.63, 3.8) is 0 Å². The summed E-state index contributed by atoms with van der Waals surface area (Å²) in [5.74, 6) is 6.71. The van der Waals surface area contributed by atoms with Gasteiger partial charge in [0.15, 0.2) is 0 Å². The van der Waals surface area contributed by atoms with Gasteiger partial charge in [-0.3, -0.25) is 10.2 Å². The third-order valence-corrected chi connectivity index (χ3v) is 3.62. The van der Waals surface area contributed by atoms with Crippen LogP contribution in [-0.4, -0.2) is 30.9 Å². The van der Waals surface area contributed by atoms with Crippen LogP contribution in [0.3, 0.4) is 0 Å². The summed E-state index contributed by atoms with van der Waals surface area (Å²) >= 11 is 0. The van der Waals surface area contributed by atoms with Crippen molar-refractivity contribution in [3.8, 4) is 0 Å². The average Bonchev–Trinajstić information content (AvgIpc) is 2.77. The molecular weight excluding hydrogens is 218 g/mol. The van der Waals surface area contributed by atoms with Crippen molar-refractivity contribution in [3.05, 3.63) is 23.7 Å². The van der Waals surface area contributed by atoms with Gasteiger partial charge in [-0.2, -0.15) is 0 Å². The summed E-state index contributed by atoms with van der Waals surface area (Å²) in [6.07, 6.45) is 1.47. The van der Waals surface area contributed by atoms with E-state index in [0.717, 1.165) is 37.5 Å². The number of carbonyl (C=O) groups excluding carboxylic acids is 1. The van der Waals surface area contributed by atoms with Crippen LogP contribution in [0.4, 0.5) is 0 Å². The first-order chi connectivity index (χ1) is 8.08. The number of hydrazine groups is 1. The number of likely N-dealkylation sites (tertiary alicyclic amines) is 1. The van der Waals surface area contributed by atoms with Crippen LogP contribution in [0, 0.1) is 6.92 Å². The molecule has 0 unspecified atom stereocenters. The number of hydrogen-bond acceptors (Lipinski definition) is 4. The minimum atomic E-state index is -0.602. The zero-order valence-corrected chi connectivity index (χ0v) is 10.3. The van der Waals surface area contributed by atoms with Gasteiger partial charge in [-0.15, -0.1) is 0 Å². The molecule has 3 N–H and O–H groups in total. The second-order valence-electron chi connectivity index (χ2n) is 4.77. The van der Waals surface area contributed by atoms with E-state index >= 15 is 0 Å². The summed E-state index contributed by atoms with van der Waals surface area (Å²) in [5, 5.41) is 0. The van der Waals surface area contributed by atoms with Gasteiger partial charge in [-0.1, -0.05) is 0 Å². The van der Waals surface area contributed by atoms with Gasteiger partial charge in [0, 0.05) is 0 Å². The molecule has 0 bridgehead atoms. The quantitative estimate of drug-likeness (QED) is 0.447. The first-order valence-electron chi connectivity index (χ1n) is 5.85. The fourth-order valence-electron chi connectivity index (χ4n) is 2.42. The van der Waals surface area contributed by atoms with Gasteiger partial charge in [0.05, 0.1) is 0 Å². The number of piperidine rings is 1. The van der Waals surface area contributed by atoms with Crippen LogP contribution >= 0.6 is 0 Å². The number of furan rings is 1. The van der Waals surface area contributed by atoms with Gasteiger partial charge >= 0.3 is 0 Å². The van der Waals surface area contributed by atoms with Crippen LogP contribution in [0.1, 0.15) is 24.4 Å². The molecule has 0 aromatic carbocycles. The summed E-state index contributed by atoms with van der Waals surface area (Å²) < 4.78 is 5.65. The highest BCUT2D eigenvalue weighted by Gasteiger charge is 2.44. The van der Waals surface area contributed by atoms with Crippen molar-refractivity contribution in [1.29, 1.82) is 0 Å². The number of amides is 1. The highest BCUT2D eigenvalue weighted by molar-refractivity contribution is 5.87. The van der Waals surface area contributed by atoms with Gasteiger partial charge in [0.25, 0.3) is 0 Å². The fourth-order valence-corrected chi connectivity index (χ4v) is 2.42. The zero-order valence-electron chi connectivity index (χ0n) is 10.3. The molecule has 1 aliphatic rings. The van der Waals surface area contributed by atoms with Crippen molar-refractivity contribution in [2.24, 2.45) is 5.84 Å². The summed E-state index contributed by atoms with van der Waals surface area (Å²) in [6.45, 7) is 3.62. The maximum atomic E-state index is 12.1. The van der Waals surface area contributed by atoms with Crippen molar-refractivity contribution in [2.75, 3.05) is 20.1 Å².